The molecule has 0 bridgehead atoms. The molecule has 7 nitrogen and oxygen atoms in total. The highest BCUT2D eigenvalue weighted by molar-refractivity contribution is 7.95. The molecule has 2 N–H and O–H groups in total. The highest BCUT2D eigenvalue weighted by atomic mass is 32.2. The van der Waals surface area contributed by atoms with Gasteiger partial charge in [0, 0.05) is 12.0 Å². The lowest BCUT2D eigenvalue weighted by molar-refractivity contribution is 0.0213. The average molecular weight is 505 g/mol. The summed E-state index contributed by atoms with van der Waals surface area (Å²) in [5.74, 6) is 0.261. The van der Waals surface area contributed by atoms with Crippen LogP contribution in [0.3, 0.4) is 0 Å². The fraction of sp³-hybridized carbons (Fsp3) is 0.250. The molecular weight excluding hydrogens is 476 g/mol. The summed E-state index contributed by atoms with van der Waals surface area (Å²) >= 11 is 0. The third kappa shape index (κ3) is 4.38. The van der Waals surface area contributed by atoms with Crippen LogP contribution in [0.4, 0.5) is 0 Å². The first kappa shape index (κ1) is 24.1. The second-order valence-electron chi connectivity index (χ2n) is 9.12. The van der Waals surface area contributed by atoms with Gasteiger partial charge in [0.05, 0.1) is 17.6 Å². The molecule has 0 aromatic heterocycles. The van der Waals surface area contributed by atoms with Crippen molar-refractivity contribution in [2.24, 2.45) is 0 Å². The molecule has 5 rings (SSSR count). The Morgan fingerprint density at radius 2 is 1.69 bits per heavy atom. The number of sulfone groups is 1. The maximum atomic E-state index is 13.5. The van der Waals surface area contributed by atoms with E-state index in [1.165, 1.54) is 7.11 Å². The van der Waals surface area contributed by atoms with Gasteiger partial charge in [0.25, 0.3) is 5.91 Å². The number of amides is 1. The topological polar surface area (TPSA) is 93.7 Å². The number of carbonyl (C=O) groups excluding carboxylic acids is 1. The molecule has 1 aliphatic heterocycles. The normalized spacial score (nSPS) is 21.4. The summed E-state index contributed by atoms with van der Waals surface area (Å²) in [6.45, 7) is 0.336. The summed E-state index contributed by atoms with van der Waals surface area (Å²) in [5, 5.41) is 3.20. The number of hydrogen-bond donors (Lipinski definition) is 2. The molecule has 0 saturated heterocycles. The van der Waals surface area contributed by atoms with Crippen molar-refractivity contribution in [3.05, 3.63) is 107 Å². The van der Waals surface area contributed by atoms with Crippen molar-refractivity contribution in [2.45, 2.75) is 35.7 Å². The fourth-order valence-corrected chi connectivity index (χ4v) is 6.57. The summed E-state index contributed by atoms with van der Waals surface area (Å²) < 4.78 is 32.3. The number of methoxy groups -OCH3 is 1. The number of benzene rings is 3. The fourth-order valence-electron chi connectivity index (χ4n) is 5.11. The first-order valence-electron chi connectivity index (χ1n) is 11.9. The maximum Gasteiger partial charge on any atom is 0.255 e. The van der Waals surface area contributed by atoms with Crippen molar-refractivity contribution in [3.8, 4) is 5.75 Å². The van der Waals surface area contributed by atoms with Crippen LogP contribution >= 0.6 is 0 Å². The van der Waals surface area contributed by atoms with Crippen molar-refractivity contribution < 1.29 is 22.8 Å². The van der Waals surface area contributed by atoms with Gasteiger partial charge in [-0.05, 0) is 54.7 Å². The SMILES string of the molecule is COc1ccccc1C(=O)NCC1(c2ccccc2)CCC2ONC(S(=O)(=O)c3ccccc3)=C2C1. The van der Waals surface area contributed by atoms with E-state index >= 15 is 0 Å². The monoisotopic (exact) mass is 504 g/mol. The van der Waals surface area contributed by atoms with E-state index in [-0.39, 0.29) is 21.9 Å². The highest BCUT2D eigenvalue weighted by Crippen LogP contribution is 2.46. The molecule has 36 heavy (non-hydrogen) atoms. The standard InChI is InChI=1S/C28H28N2O5S/c1-34-24-15-9-8-14-22(24)26(31)29-19-28(20-10-4-2-5-11-20)17-16-25-23(18-28)27(30-35-25)36(32,33)21-12-6-3-7-13-21/h2-15,25,30H,16-19H2,1H3,(H,29,31). The van der Waals surface area contributed by atoms with Gasteiger partial charge in [-0.25, -0.2) is 8.42 Å². The van der Waals surface area contributed by atoms with Crippen LogP contribution in [0.1, 0.15) is 35.2 Å². The summed E-state index contributed by atoms with van der Waals surface area (Å²) in [7, 11) is -2.25. The van der Waals surface area contributed by atoms with E-state index in [0.717, 1.165) is 12.0 Å². The first-order chi connectivity index (χ1) is 17.4. The van der Waals surface area contributed by atoms with Gasteiger partial charge in [-0.15, -0.1) is 0 Å². The van der Waals surface area contributed by atoms with Gasteiger partial charge in [0.2, 0.25) is 9.84 Å². The lowest BCUT2D eigenvalue weighted by Crippen LogP contribution is -2.45. The van der Waals surface area contributed by atoms with Gasteiger partial charge in [-0.1, -0.05) is 60.7 Å². The van der Waals surface area contributed by atoms with E-state index in [0.29, 0.717) is 36.3 Å². The van der Waals surface area contributed by atoms with E-state index in [9.17, 15) is 13.2 Å². The summed E-state index contributed by atoms with van der Waals surface area (Å²) in [4.78, 5) is 19.1. The zero-order chi connectivity index (χ0) is 25.2. The Hall–Kier alpha value is -3.62. The van der Waals surface area contributed by atoms with Crippen LogP contribution in [0.5, 0.6) is 5.75 Å². The summed E-state index contributed by atoms with van der Waals surface area (Å²) in [6, 6.07) is 25.4. The molecule has 2 unspecified atom stereocenters. The summed E-state index contributed by atoms with van der Waals surface area (Å²) in [6.07, 6.45) is 1.44. The van der Waals surface area contributed by atoms with Crippen LogP contribution in [0.15, 0.2) is 100 Å². The van der Waals surface area contributed by atoms with Crippen molar-refractivity contribution in [1.29, 1.82) is 0 Å². The van der Waals surface area contributed by atoms with Gasteiger partial charge < -0.3 is 10.1 Å². The second-order valence-corrected chi connectivity index (χ2v) is 11.0. The molecule has 0 spiro atoms. The molecular formula is C28H28N2O5S. The number of nitrogens with one attached hydrogen (secondary N) is 2. The Labute approximate surface area is 211 Å². The molecule has 2 aliphatic rings. The minimum atomic E-state index is -3.79. The Balaban J connectivity index is 1.50. The van der Waals surface area contributed by atoms with Crippen molar-refractivity contribution >= 4 is 15.7 Å². The number of rotatable bonds is 7. The smallest absolute Gasteiger partial charge is 0.255 e. The van der Waals surface area contributed by atoms with Crippen LogP contribution in [0.2, 0.25) is 0 Å². The van der Waals surface area contributed by atoms with Crippen LogP contribution < -0.4 is 15.5 Å². The maximum absolute atomic E-state index is 13.5. The molecule has 186 valence electrons. The zero-order valence-electron chi connectivity index (χ0n) is 19.9. The third-order valence-electron chi connectivity index (χ3n) is 7.04. The van der Waals surface area contributed by atoms with E-state index < -0.39 is 15.3 Å². The molecule has 3 aromatic rings. The molecule has 1 aliphatic carbocycles. The second kappa shape index (κ2) is 9.79. The van der Waals surface area contributed by atoms with Gasteiger partial charge in [0.1, 0.15) is 11.9 Å². The minimum absolute atomic E-state index is 0.106. The Kier molecular flexibility index (Phi) is 6.55. The van der Waals surface area contributed by atoms with Crippen LogP contribution in [0.25, 0.3) is 0 Å². The van der Waals surface area contributed by atoms with Gasteiger partial charge >= 0.3 is 0 Å². The average Bonchev–Trinajstić information content (AvgIpc) is 3.36. The van der Waals surface area contributed by atoms with E-state index in [4.69, 9.17) is 9.57 Å². The molecule has 8 heteroatoms. The van der Waals surface area contributed by atoms with Gasteiger partial charge in [-0.2, -0.15) is 0 Å². The minimum Gasteiger partial charge on any atom is -0.496 e. The predicted octanol–water partition coefficient (Wildman–Crippen LogP) is 4.14. The molecule has 0 radical (unpaired) electrons. The number of carbonyl (C=O) groups is 1. The van der Waals surface area contributed by atoms with Crippen molar-refractivity contribution in [1.82, 2.24) is 10.8 Å². The van der Waals surface area contributed by atoms with Crippen LogP contribution in [-0.2, 0) is 20.1 Å². The largest absolute Gasteiger partial charge is 0.496 e. The first-order valence-corrected chi connectivity index (χ1v) is 13.3. The van der Waals surface area contributed by atoms with E-state index in [2.05, 4.69) is 10.8 Å². The van der Waals surface area contributed by atoms with Gasteiger partial charge in [0.15, 0.2) is 5.03 Å². The van der Waals surface area contributed by atoms with E-state index in [1.807, 2.05) is 36.4 Å². The number of hydrogen-bond acceptors (Lipinski definition) is 6. The zero-order valence-corrected chi connectivity index (χ0v) is 20.8. The lowest BCUT2D eigenvalue weighted by Gasteiger charge is -2.40. The van der Waals surface area contributed by atoms with E-state index in [1.54, 1.807) is 48.5 Å². The number of para-hydroxylation sites is 1. The Bertz CT molecular complexity index is 1390. The summed E-state index contributed by atoms with van der Waals surface area (Å²) in [5.41, 5.74) is 4.42. The molecule has 1 saturated carbocycles. The predicted molar refractivity (Wildman–Crippen MR) is 136 cm³/mol. The highest BCUT2D eigenvalue weighted by Gasteiger charge is 2.46. The van der Waals surface area contributed by atoms with Crippen LogP contribution in [-0.4, -0.2) is 34.1 Å². The molecule has 3 aromatic carbocycles. The Morgan fingerprint density at radius 3 is 2.42 bits per heavy atom. The molecule has 1 amide bonds. The molecule has 2 atom stereocenters. The number of ether oxygens (including phenoxy) is 1. The lowest BCUT2D eigenvalue weighted by atomic mass is 9.67. The van der Waals surface area contributed by atoms with Crippen molar-refractivity contribution in [2.75, 3.05) is 13.7 Å². The van der Waals surface area contributed by atoms with Crippen LogP contribution in [0, 0.1) is 0 Å². The molecule has 1 fully saturated rings. The van der Waals surface area contributed by atoms with Gasteiger partial charge in [-0.3, -0.25) is 15.1 Å². The number of hydroxylamine groups is 1. The van der Waals surface area contributed by atoms with Crippen molar-refractivity contribution in [3.63, 3.8) is 0 Å². The number of fused-ring (bicyclic) bond motifs is 1. The quantitative estimate of drug-likeness (QED) is 0.503. The Morgan fingerprint density at radius 1 is 1.03 bits per heavy atom. The molecule has 1 heterocycles. The third-order valence-corrected chi connectivity index (χ3v) is 8.81.